The van der Waals surface area contributed by atoms with E-state index in [1.165, 1.54) is 25.8 Å². The van der Waals surface area contributed by atoms with Crippen LogP contribution in [0.1, 0.15) is 53.6 Å². The van der Waals surface area contributed by atoms with E-state index in [0.717, 1.165) is 36.1 Å². The third-order valence-electron chi connectivity index (χ3n) is 7.20. The van der Waals surface area contributed by atoms with Gasteiger partial charge in [-0.3, -0.25) is 19.7 Å². The van der Waals surface area contributed by atoms with Crippen molar-refractivity contribution in [3.05, 3.63) is 34.9 Å². The standard InChI is InChI=1S/C22H28N4O3/c27-20-5-4-19(21(28)25-20)26-12-18-14(2-1-3-17(18)22(26)29)11-24-16-8-15(9-16)13-6-7-23-10-13/h1-3,13,15-16,19,23-24H,4-12H2,(H,25,27,28). The van der Waals surface area contributed by atoms with Crippen LogP contribution in [0.3, 0.4) is 0 Å². The van der Waals surface area contributed by atoms with Gasteiger partial charge < -0.3 is 15.5 Å². The van der Waals surface area contributed by atoms with E-state index in [1.54, 1.807) is 4.90 Å². The molecular weight excluding hydrogens is 368 g/mol. The highest BCUT2D eigenvalue weighted by Crippen LogP contribution is 2.37. The van der Waals surface area contributed by atoms with Crippen molar-refractivity contribution in [1.29, 1.82) is 0 Å². The van der Waals surface area contributed by atoms with Crippen LogP contribution in [0.15, 0.2) is 18.2 Å². The van der Waals surface area contributed by atoms with Crippen LogP contribution in [0.25, 0.3) is 0 Å². The van der Waals surface area contributed by atoms with E-state index in [-0.39, 0.29) is 24.1 Å². The molecule has 7 nitrogen and oxygen atoms in total. The van der Waals surface area contributed by atoms with Crippen molar-refractivity contribution >= 4 is 17.7 Å². The van der Waals surface area contributed by atoms with Gasteiger partial charge in [-0.1, -0.05) is 12.1 Å². The Kier molecular flexibility index (Phi) is 4.87. The lowest BCUT2D eigenvalue weighted by Gasteiger charge is -2.39. The Morgan fingerprint density at radius 2 is 1.97 bits per heavy atom. The summed E-state index contributed by atoms with van der Waals surface area (Å²) in [6.07, 6.45) is 4.47. The van der Waals surface area contributed by atoms with Gasteiger partial charge in [-0.2, -0.15) is 0 Å². The van der Waals surface area contributed by atoms with Crippen LogP contribution in [-0.2, 0) is 22.7 Å². The van der Waals surface area contributed by atoms with Gasteiger partial charge in [0.15, 0.2) is 0 Å². The lowest BCUT2D eigenvalue weighted by molar-refractivity contribution is -0.136. The Bertz CT molecular complexity index is 842. The van der Waals surface area contributed by atoms with E-state index in [2.05, 4.69) is 22.0 Å². The molecule has 3 fully saturated rings. The third kappa shape index (κ3) is 3.46. The Morgan fingerprint density at radius 3 is 2.72 bits per heavy atom. The van der Waals surface area contributed by atoms with Crippen LogP contribution in [0.4, 0.5) is 0 Å². The summed E-state index contributed by atoms with van der Waals surface area (Å²) in [6, 6.07) is 5.85. The van der Waals surface area contributed by atoms with Gasteiger partial charge in [0.05, 0.1) is 0 Å². The van der Waals surface area contributed by atoms with E-state index in [1.807, 2.05) is 12.1 Å². The monoisotopic (exact) mass is 396 g/mol. The van der Waals surface area contributed by atoms with Crippen LogP contribution < -0.4 is 16.0 Å². The minimum absolute atomic E-state index is 0.103. The minimum Gasteiger partial charge on any atom is -0.322 e. The second kappa shape index (κ2) is 7.54. The summed E-state index contributed by atoms with van der Waals surface area (Å²) in [6.45, 7) is 3.52. The summed E-state index contributed by atoms with van der Waals surface area (Å²) < 4.78 is 0. The first-order chi connectivity index (χ1) is 14.1. The maximum atomic E-state index is 12.9. The quantitative estimate of drug-likeness (QED) is 0.644. The number of imide groups is 1. The Balaban J connectivity index is 1.22. The minimum atomic E-state index is -0.555. The number of carbonyl (C=O) groups excluding carboxylic acids is 3. The summed E-state index contributed by atoms with van der Waals surface area (Å²) in [7, 11) is 0. The summed E-state index contributed by atoms with van der Waals surface area (Å²) in [4.78, 5) is 38.2. The molecule has 1 aromatic rings. The molecule has 3 N–H and O–H groups in total. The molecule has 29 heavy (non-hydrogen) atoms. The summed E-state index contributed by atoms with van der Waals surface area (Å²) in [5, 5.41) is 9.49. The number of hydrogen-bond donors (Lipinski definition) is 3. The molecule has 0 spiro atoms. The van der Waals surface area contributed by atoms with Gasteiger partial charge in [-0.05, 0) is 67.8 Å². The first kappa shape index (κ1) is 18.8. The molecule has 4 aliphatic rings. The zero-order chi connectivity index (χ0) is 20.0. The van der Waals surface area contributed by atoms with Crippen LogP contribution in [-0.4, -0.2) is 47.8 Å². The Morgan fingerprint density at radius 1 is 1.10 bits per heavy atom. The highest BCUT2D eigenvalue weighted by Gasteiger charge is 2.40. The number of benzene rings is 1. The molecule has 0 bridgehead atoms. The van der Waals surface area contributed by atoms with Crippen molar-refractivity contribution < 1.29 is 14.4 Å². The molecule has 1 saturated carbocycles. The van der Waals surface area contributed by atoms with Crippen LogP contribution in [0, 0.1) is 11.8 Å². The number of carbonyl (C=O) groups is 3. The second-order valence-corrected chi connectivity index (χ2v) is 8.91. The van der Waals surface area contributed by atoms with E-state index < -0.39 is 6.04 Å². The summed E-state index contributed by atoms with van der Waals surface area (Å²) in [5.41, 5.74) is 2.85. The number of amides is 3. The van der Waals surface area contributed by atoms with Crippen LogP contribution in [0.5, 0.6) is 0 Å². The fraction of sp³-hybridized carbons (Fsp3) is 0.591. The molecule has 2 unspecified atom stereocenters. The van der Waals surface area contributed by atoms with Gasteiger partial charge in [0, 0.05) is 31.1 Å². The van der Waals surface area contributed by atoms with E-state index in [4.69, 9.17) is 0 Å². The van der Waals surface area contributed by atoms with Gasteiger partial charge in [-0.15, -0.1) is 0 Å². The Hall–Kier alpha value is -2.25. The average Bonchev–Trinajstić information content (AvgIpc) is 3.30. The third-order valence-corrected chi connectivity index (χ3v) is 7.20. The van der Waals surface area contributed by atoms with Gasteiger partial charge in [0.1, 0.15) is 6.04 Å². The fourth-order valence-electron chi connectivity index (χ4n) is 5.36. The number of piperidine rings is 1. The summed E-state index contributed by atoms with van der Waals surface area (Å²) >= 11 is 0. The molecule has 154 valence electrons. The number of rotatable bonds is 5. The maximum absolute atomic E-state index is 12.9. The smallest absolute Gasteiger partial charge is 0.255 e. The molecule has 3 heterocycles. The topological polar surface area (TPSA) is 90.5 Å². The first-order valence-electron chi connectivity index (χ1n) is 10.8. The fourth-order valence-corrected chi connectivity index (χ4v) is 5.36. The lowest BCUT2D eigenvalue weighted by atomic mass is 9.72. The number of fused-ring (bicyclic) bond motifs is 1. The number of hydrogen-bond acceptors (Lipinski definition) is 5. The zero-order valence-electron chi connectivity index (χ0n) is 16.6. The van der Waals surface area contributed by atoms with E-state index >= 15 is 0 Å². The molecule has 1 aliphatic carbocycles. The molecule has 5 rings (SSSR count). The SMILES string of the molecule is O=C1CCC(N2Cc3c(CNC4CC(C5CCNC5)C4)cccc3C2=O)C(=O)N1. The molecular formula is C22H28N4O3. The number of nitrogens with one attached hydrogen (secondary N) is 3. The van der Waals surface area contributed by atoms with Gasteiger partial charge in [0.2, 0.25) is 11.8 Å². The van der Waals surface area contributed by atoms with E-state index in [0.29, 0.717) is 24.6 Å². The van der Waals surface area contributed by atoms with Crippen molar-refractivity contribution in [2.45, 2.75) is 57.3 Å². The largest absolute Gasteiger partial charge is 0.322 e. The molecule has 0 radical (unpaired) electrons. The van der Waals surface area contributed by atoms with E-state index in [9.17, 15) is 14.4 Å². The lowest BCUT2D eigenvalue weighted by Crippen LogP contribution is -2.52. The first-order valence-corrected chi connectivity index (χ1v) is 10.8. The molecule has 0 aromatic heterocycles. The summed E-state index contributed by atoms with van der Waals surface area (Å²) in [5.74, 6) is 0.965. The molecule has 2 atom stereocenters. The normalized spacial score (nSPS) is 31.6. The zero-order valence-corrected chi connectivity index (χ0v) is 16.6. The van der Waals surface area contributed by atoms with Crippen molar-refractivity contribution in [3.63, 3.8) is 0 Å². The Labute approximate surface area is 170 Å². The molecule has 2 saturated heterocycles. The second-order valence-electron chi connectivity index (χ2n) is 8.91. The molecule has 7 heteroatoms. The molecule has 1 aromatic carbocycles. The van der Waals surface area contributed by atoms with Crippen molar-refractivity contribution in [1.82, 2.24) is 20.9 Å². The highest BCUT2D eigenvalue weighted by molar-refractivity contribution is 6.05. The van der Waals surface area contributed by atoms with Crippen molar-refractivity contribution in [2.24, 2.45) is 11.8 Å². The number of nitrogens with zero attached hydrogens (tertiary/aromatic N) is 1. The molecule has 3 aliphatic heterocycles. The van der Waals surface area contributed by atoms with Crippen molar-refractivity contribution in [3.8, 4) is 0 Å². The van der Waals surface area contributed by atoms with Crippen LogP contribution in [0.2, 0.25) is 0 Å². The van der Waals surface area contributed by atoms with Crippen molar-refractivity contribution in [2.75, 3.05) is 13.1 Å². The maximum Gasteiger partial charge on any atom is 0.255 e. The van der Waals surface area contributed by atoms with Gasteiger partial charge in [-0.25, -0.2) is 0 Å². The average molecular weight is 396 g/mol. The molecule has 3 amide bonds. The predicted molar refractivity (Wildman–Crippen MR) is 107 cm³/mol. The van der Waals surface area contributed by atoms with Gasteiger partial charge >= 0.3 is 0 Å². The predicted octanol–water partition coefficient (Wildman–Crippen LogP) is 0.925. The van der Waals surface area contributed by atoms with Gasteiger partial charge in [0.25, 0.3) is 5.91 Å². The highest BCUT2D eigenvalue weighted by atomic mass is 16.2. The van der Waals surface area contributed by atoms with Crippen LogP contribution >= 0.6 is 0 Å².